The van der Waals surface area contributed by atoms with E-state index in [1.807, 2.05) is 0 Å². The molecule has 0 bridgehead atoms. The minimum Gasteiger partial charge on any atom is -0.367 e. The number of H-pyrrole nitrogens is 1. The van der Waals surface area contributed by atoms with Crippen LogP contribution < -0.4 is 11.3 Å². The van der Waals surface area contributed by atoms with Crippen LogP contribution in [0.15, 0.2) is 10.9 Å². The summed E-state index contributed by atoms with van der Waals surface area (Å²) in [6, 6.07) is 1.68. The molecule has 0 aromatic carbocycles. The van der Waals surface area contributed by atoms with Crippen molar-refractivity contribution in [3.63, 3.8) is 0 Å². The third-order valence-electron chi connectivity index (χ3n) is 4.40. The lowest BCUT2D eigenvalue weighted by Gasteiger charge is -2.38. The smallest absolute Gasteiger partial charge is 0.261 e. The lowest BCUT2D eigenvalue weighted by molar-refractivity contribution is -0.150. The van der Waals surface area contributed by atoms with E-state index in [9.17, 15) is 14.4 Å². The van der Waals surface area contributed by atoms with Crippen LogP contribution >= 0.6 is 0 Å². The number of primary amides is 1. The minimum absolute atomic E-state index is 0.0533. The number of hydrogen-bond acceptors (Lipinski definition) is 4. The van der Waals surface area contributed by atoms with Crippen molar-refractivity contribution < 1.29 is 14.3 Å². The van der Waals surface area contributed by atoms with E-state index < -0.39 is 11.5 Å². The van der Waals surface area contributed by atoms with Crippen molar-refractivity contribution in [1.29, 1.82) is 0 Å². The second-order valence-electron chi connectivity index (χ2n) is 6.04. The molecular formula is C15H19N3O4. The Morgan fingerprint density at radius 1 is 1.41 bits per heavy atom. The second kappa shape index (κ2) is 5.24. The fourth-order valence-corrected chi connectivity index (χ4v) is 3.03. The predicted octanol–water partition coefficient (Wildman–Crippen LogP) is -0.420. The van der Waals surface area contributed by atoms with Gasteiger partial charge in [0.2, 0.25) is 0 Å². The number of amides is 2. The molecule has 0 spiro atoms. The molecular weight excluding hydrogens is 286 g/mol. The lowest BCUT2D eigenvalue weighted by atomic mass is 10.0. The molecule has 2 aliphatic rings. The van der Waals surface area contributed by atoms with Crippen LogP contribution in [-0.4, -0.2) is 47.0 Å². The number of aryl methyl sites for hydroxylation is 2. The maximum absolute atomic E-state index is 12.6. The van der Waals surface area contributed by atoms with Crippen molar-refractivity contribution in [2.75, 3.05) is 19.7 Å². The molecule has 3 N–H and O–H groups in total. The van der Waals surface area contributed by atoms with Gasteiger partial charge in [0.05, 0.1) is 13.2 Å². The number of fused-ring (bicyclic) bond motifs is 1. The molecule has 2 amide bonds. The number of nitrogens with one attached hydrogen (secondary N) is 1. The van der Waals surface area contributed by atoms with Gasteiger partial charge in [0.15, 0.2) is 5.60 Å². The number of ether oxygens (including phenoxy) is 1. The summed E-state index contributed by atoms with van der Waals surface area (Å²) in [4.78, 5) is 40.5. The highest BCUT2D eigenvalue weighted by Crippen LogP contribution is 2.21. The highest BCUT2D eigenvalue weighted by Gasteiger charge is 2.39. The maximum Gasteiger partial charge on any atom is 0.261 e. The summed E-state index contributed by atoms with van der Waals surface area (Å²) in [6.45, 7) is 2.16. The van der Waals surface area contributed by atoms with Gasteiger partial charge in [-0.3, -0.25) is 14.4 Å². The highest BCUT2D eigenvalue weighted by molar-refractivity contribution is 5.95. The van der Waals surface area contributed by atoms with Crippen molar-refractivity contribution in [2.45, 2.75) is 31.8 Å². The number of pyridine rings is 1. The van der Waals surface area contributed by atoms with Gasteiger partial charge in [0, 0.05) is 12.2 Å². The van der Waals surface area contributed by atoms with Crippen LogP contribution in [-0.2, 0) is 22.4 Å². The van der Waals surface area contributed by atoms with Gasteiger partial charge >= 0.3 is 0 Å². The van der Waals surface area contributed by atoms with Crippen LogP contribution in [0.3, 0.4) is 0 Å². The predicted molar refractivity (Wildman–Crippen MR) is 78.5 cm³/mol. The first-order valence-corrected chi connectivity index (χ1v) is 7.39. The summed E-state index contributed by atoms with van der Waals surface area (Å²) in [5.74, 6) is -1.00. The van der Waals surface area contributed by atoms with Crippen molar-refractivity contribution in [3.8, 4) is 0 Å². The summed E-state index contributed by atoms with van der Waals surface area (Å²) < 4.78 is 5.39. The summed E-state index contributed by atoms with van der Waals surface area (Å²) in [5.41, 5.74) is 5.81. The summed E-state index contributed by atoms with van der Waals surface area (Å²) in [5, 5.41) is 0. The largest absolute Gasteiger partial charge is 0.367 e. The number of morpholine rings is 1. The van der Waals surface area contributed by atoms with E-state index in [1.54, 1.807) is 13.0 Å². The normalized spacial score (nSPS) is 24.1. The van der Waals surface area contributed by atoms with Crippen LogP contribution in [0.1, 0.15) is 35.0 Å². The Hall–Kier alpha value is -2.15. The molecule has 0 unspecified atom stereocenters. The molecule has 7 nitrogen and oxygen atoms in total. The number of nitrogens with two attached hydrogens (primary N) is 1. The molecule has 1 aliphatic carbocycles. The van der Waals surface area contributed by atoms with E-state index in [4.69, 9.17) is 10.5 Å². The Balaban J connectivity index is 1.88. The van der Waals surface area contributed by atoms with Crippen molar-refractivity contribution >= 4 is 11.8 Å². The molecule has 1 fully saturated rings. The number of carbonyl (C=O) groups is 2. The summed E-state index contributed by atoms with van der Waals surface area (Å²) in [7, 11) is 0. The van der Waals surface area contributed by atoms with Crippen molar-refractivity contribution in [1.82, 2.24) is 9.88 Å². The highest BCUT2D eigenvalue weighted by atomic mass is 16.5. The Bertz CT molecular complexity index is 697. The standard InChI is InChI=1S/C15H19N3O4/c1-15(14(16)21)8-18(5-6-22-15)13(20)10-7-9-3-2-4-11(9)17-12(10)19/h7H,2-6,8H2,1H3,(H2,16,21)(H,17,19)/t15-/m0/s1. The fraction of sp³-hybridized carbons (Fsp3) is 0.533. The van der Waals surface area contributed by atoms with Gasteiger partial charge < -0.3 is 20.4 Å². The van der Waals surface area contributed by atoms with E-state index in [2.05, 4.69) is 4.98 Å². The zero-order chi connectivity index (χ0) is 15.9. The molecule has 7 heteroatoms. The van der Waals surface area contributed by atoms with Crippen LogP contribution in [0.25, 0.3) is 0 Å². The molecule has 1 aromatic rings. The van der Waals surface area contributed by atoms with E-state index in [0.717, 1.165) is 30.5 Å². The first kappa shape index (κ1) is 14.8. The van der Waals surface area contributed by atoms with Crippen LogP contribution in [0.2, 0.25) is 0 Å². The first-order chi connectivity index (χ1) is 10.4. The van der Waals surface area contributed by atoms with E-state index in [-0.39, 0.29) is 30.2 Å². The van der Waals surface area contributed by atoms with Gasteiger partial charge in [0.25, 0.3) is 17.4 Å². The molecule has 0 radical (unpaired) electrons. The first-order valence-electron chi connectivity index (χ1n) is 7.39. The molecule has 1 aromatic heterocycles. The maximum atomic E-state index is 12.6. The Morgan fingerprint density at radius 2 is 2.18 bits per heavy atom. The van der Waals surface area contributed by atoms with Crippen LogP contribution in [0.4, 0.5) is 0 Å². The van der Waals surface area contributed by atoms with Gasteiger partial charge in [-0.05, 0) is 37.8 Å². The number of hydrogen-bond donors (Lipinski definition) is 2. The molecule has 2 heterocycles. The molecule has 22 heavy (non-hydrogen) atoms. The average Bonchev–Trinajstić information content (AvgIpc) is 2.92. The quantitative estimate of drug-likeness (QED) is 0.774. The lowest BCUT2D eigenvalue weighted by Crippen LogP contribution is -2.58. The van der Waals surface area contributed by atoms with Gasteiger partial charge in [-0.15, -0.1) is 0 Å². The molecule has 3 rings (SSSR count). The number of aromatic nitrogens is 1. The Labute approximate surface area is 127 Å². The molecule has 1 aliphatic heterocycles. The third-order valence-corrected chi connectivity index (χ3v) is 4.40. The van der Waals surface area contributed by atoms with Gasteiger partial charge in [0.1, 0.15) is 5.56 Å². The number of carbonyl (C=O) groups excluding carboxylic acids is 2. The van der Waals surface area contributed by atoms with Gasteiger partial charge in [-0.2, -0.15) is 0 Å². The van der Waals surface area contributed by atoms with E-state index in [1.165, 1.54) is 4.90 Å². The number of aromatic amines is 1. The fourth-order valence-electron chi connectivity index (χ4n) is 3.03. The zero-order valence-corrected chi connectivity index (χ0v) is 12.5. The average molecular weight is 305 g/mol. The summed E-state index contributed by atoms with van der Waals surface area (Å²) in [6.07, 6.45) is 2.70. The van der Waals surface area contributed by atoms with Gasteiger partial charge in [-0.1, -0.05) is 0 Å². The van der Waals surface area contributed by atoms with Crippen molar-refractivity contribution in [2.24, 2.45) is 5.73 Å². The molecule has 118 valence electrons. The van der Waals surface area contributed by atoms with Crippen molar-refractivity contribution in [3.05, 3.63) is 33.2 Å². The molecule has 1 atom stereocenters. The number of nitrogens with zero attached hydrogens (tertiary/aromatic N) is 1. The second-order valence-corrected chi connectivity index (χ2v) is 6.04. The number of rotatable bonds is 2. The summed E-state index contributed by atoms with van der Waals surface area (Å²) >= 11 is 0. The SMILES string of the molecule is C[C@@]1(C(N)=O)CN(C(=O)c2cc3c([nH]c2=O)CCC3)CCO1. The molecule has 0 saturated carbocycles. The van der Waals surface area contributed by atoms with E-state index >= 15 is 0 Å². The molecule has 1 saturated heterocycles. The Kier molecular flexibility index (Phi) is 3.52. The topological polar surface area (TPSA) is 105 Å². The Morgan fingerprint density at radius 3 is 2.91 bits per heavy atom. The van der Waals surface area contributed by atoms with Gasteiger partial charge in [-0.25, -0.2) is 0 Å². The zero-order valence-electron chi connectivity index (χ0n) is 12.5. The monoisotopic (exact) mass is 305 g/mol. The van der Waals surface area contributed by atoms with Crippen LogP contribution in [0.5, 0.6) is 0 Å². The van der Waals surface area contributed by atoms with E-state index in [0.29, 0.717) is 6.54 Å². The minimum atomic E-state index is -1.21. The van der Waals surface area contributed by atoms with Crippen LogP contribution in [0, 0.1) is 0 Å². The third kappa shape index (κ3) is 2.41.